The molecule has 27 heavy (non-hydrogen) atoms. The molecule has 0 spiro atoms. The van der Waals surface area contributed by atoms with Crippen molar-refractivity contribution in [1.82, 2.24) is 0 Å². The number of hydrogen-bond donors (Lipinski definition) is 0. The summed E-state index contributed by atoms with van der Waals surface area (Å²) in [5.41, 5.74) is 8.73. The number of fused-ring (bicyclic) bond motifs is 3. The number of rotatable bonds is 1. The molecule has 1 atom stereocenters. The van der Waals surface area contributed by atoms with Crippen molar-refractivity contribution in [2.45, 2.75) is 32.6 Å². The second kappa shape index (κ2) is 6.07. The third-order valence-electron chi connectivity index (χ3n) is 6.35. The van der Waals surface area contributed by atoms with Crippen LogP contribution in [-0.4, -0.2) is 0 Å². The zero-order valence-corrected chi connectivity index (χ0v) is 18.2. The van der Waals surface area contributed by atoms with Crippen LogP contribution in [0, 0.1) is 9.49 Å². The summed E-state index contributed by atoms with van der Waals surface area (Å²) in [6.45, 7) is 7.12. The molecule has 0 N–H and O–H groups in total. The normalized spacial score (nSPS) is 20.1. The lowest BCUT2D eigenvalue weighted by Gasteiger charge is -2.25. The first kappa shape index (κ1) is 17.2. The lowest BCUT2D eigenvalue weighted by atomic mass is 9.78. The van der Waals surface area contributed by atoms with E-state index in [1.807, 2.05) is 0 Å². The SMILES string of the molecule is C[C@@H]1CC=CC2=C1c1ccc(-c3ccc4cc(I)ccc4c3)cc1C2(C)C. The van der Waals surface area contributed by atoms with Gasteiger partial charge in [0.15, 0.2) is 0 Å². The van der Waals surface area contributed by atoms with Crippen molar-refractivity contribution < 1.29 is 0 Å². The zero-order valence-electron chi connectivity index (χ0n) is 16.0. The standard InChI is InChI=1S/C26H23I/c1-16-5-4-6-23-25(16)22-12-10-20(15-24(22)26(23,2)3)17-7-8-19-14-21(27)11-9-18(19)13-17/h4,6-16H,5H2,1-3H3/t16-/m1/s1. The first-order valence-electron chi connectivity index (χ1n) is 9.71. The molecule has 134 valence electrons. The molecule has 2 aliphatic rings. The van der Waals surface area contributed by atoms with Gasteiger partial charge in [-0.25, -0.2) is 0 Å². The van der Waals surface area contributed by atoms with Crippen molar-refractivity contribution in [3.63, 3.8) is 0 Å². The van der Waals surface area contributed by atoms with E-state index in [0.717, 1.165) is 6.42 Å². The minimum Gasteiger partial charge on any atom is -0.0836 e. The predicted molar refractivity (Wildman–Crippen MR) is 125 cm³/mol. The molecule has 0 nitrogen and oxygen atoms in total. The Balaban J connectivity index is 1.65. The van der Waals surface area contributed by atoms with E-state index in [0.29, 0.717) is 5.92 Å². The lowest BCUT2D eigenvalue weighted by molar-refractivity contribution is 0.643. The van der Waals surface area contributed by atoms with Gasteiger partial charge < -0.3 is 0 Å². The summed E-state index contributed by atoms with van der Waals surface area (Å²) in [5, 5.41) is 2.62. The van der Waals surface area contributed by atoms with E-state index in [1.165, 1.54) is 42.2 Å². The molecular weight excluding hydrogens is 439 g/mol. The number of allylic oxidation sites excluding steroid dienone is 4. The molecule has 1 heteroatoms. The highest BCUT2D eigenvalue weighted by Gasteiger charge is 2.39. The van der Waals surface area contributed by atoms with Crippen LogP contribution in [-0.2, 0) is 5.41 Å². The molecule has 2 aliphatic carbocycles. The Morgan fingerprint density at radius 1 is 0.889 bits per heavy atom. The van der Waals surface area contributed by atoms with E-state index >= 15 is 0 Å². The molecular formula is C26H23I. The largest absolute Gasteiger partial charge is 0.0836 e. The average molecular weight is 462 g/mol. The molecule has 0 fully saturated rings. The van der Waals surface area contributed by atoms with Crippen LogP contribution in [0.15, 0.2) is 72.3 Å². The third-order valence-corrected chi connectivity index (χ3v) is 7.02. The second-order valence-electron chi connectivity index (χ2n) is 8.46. The molecule has 0 heterocycles. The highest BCUT2D eigenvalue weighted by molar-refractivity contribution is 14.1. The summed E-state index contributed by atoms with van der Waals surface area (Å²) in [6, 6.07) is 20.6. The molecule has 0 unspecified atom stereocenters. The van der Waals surface area contributed by atoms with Gasteiger partial charge in [-0.2, -0.15) is 0 Å². The van der Waals surface area contributed by atoms with Crippen LogP contribution in [0.25, 0.3) is 27.5 Å². The van der Waals surface area contributed by atoms with E-state index in [-0.39, 0.29) is 5.41 Å². The van der Waals surface area contributed by atoms with Crippen LogP contribution in [0.2, 0.25) is 0 Å². The first-order valence-corrected chi connectivity index (χ1v) is 10.8. The first-order chi connectivity index (χ1) is 12.9. The monoisotopic (exact) mass is 462 g/mol. The van der Waals surface area contributed by atoms with Gasteiger partial charge in [-0.15, -0.1) is 0 Å². The Kier molecular flexibility index (Phi) is 3.87. The average Bonchev–Trinajstić information content (AvgIpc) is 2.89. The van der Waals surface area contributed by atoms with E-state index in [2.05, 4.69) is 110 Å². The van der Waals surface area contributed by atoms with Gasteiger partial charge >= 0.3 is 0 Å². The van der Waals surface area contributed by atoms with Crippen molar-refractivity contribution in [3.05, 3.63) is 87.0 Å². The van der Waals surface area contributed by atoms with Crippen molar-refractivity contribution in [2.24, 2.45) is 5.92 Å². The molecule has 0 aliphatic heterocycles. The van der Waals surface area contributed by atoms with E-state index in [4.69, 9.17) is 0 Å². The van der Waals surface area contributed by atoms with Crippen LogP contribution in [0.3, 0.4) is 0 Å². The van der Waals surface area contributed by atoms with E-state index < -0.39 is 0 Å². The molecule has 5 rings (SSSR count). The Morgan fingerprint density at radius 3 is 2.44 bits per heavy atom. The van der Waals surface area contributed by atoms with Gasteiger partial charge in [-0.3, -0.25) is 0 Å². The second-order valence-corrected chi connectivity index (χ2v) is 9.70. The van der Waals surface area contributed by atoms with Gasteiger partial charge in [0, 0.05) is 8.99 Å². The predicted octanol–water partition coefficient (Wildman–Crippen LogP) is 7.75. The minimum atomic E-state index is 0.0822. The minimum absolute atomic E-state index is 0.0822. The molecule has 0 aromatic heterocycles. The van der Waals surface area contributed by atoms with Crippen LogP contribution in [0.4, 0.5) is 0 Å². The Bertz CT molecular complexity index is 1140. The maximum Gasteiger partial charge on any atom is 0.0155 e. The van der Waals surface area contributed by atoms with Crippen LogP contribution in [0.1, 0.15) is 38.3 Å². The van der Waals surface area contributed by atoms with Crippen molar-refractivity contribution >= 4 is 38.9 Å². The molecule has 0 saturated carbocycles. The summed E-state index contributed by atoms with van der Waals surface area (Å²) in [7, 11) is 0. The Morgan fingerprint density at radius 2 is 1.59 bits per heavy atom. The highest BCUT2D eigenvalue weighted by Crippen LogP contribution is 2.52. The molecule has 0 bridgehead atoms. The molecule has 0 saturated heterocycles. The maximum atomic E-state index is 2.43. The van der Waals surface area contributed by atoms with Crippen LogP contribution < -0.4 is 0 Å². The summed E-state index contributed by atoms with van der Waals surface area (Å²) in [5.74, 6) is 0.611. The quantitative estimate of drug-likeness (QED) is 0.325. The van der Waals surface area contributed by atoms with Gasteiger partial charge in [-0.1, -0.05) is 63.3 Å². The van der Waals surface area contributed by atoms with Gasteiger partial charge in [0.1, 0.15) is 0 Å². The summed E-state index contributed by atoms with van der Waals surface area (Å²) < 4.78 is 1.28. The number of hydrogen-bond acceptors (Lipinski definition) is 0. The third kappa shape index (κ3) is 2.62. The number of benzene rings is 3. The van der Waals surface area contributed by atoms with E-state index in [1.54, 1.807) is 5.57 Å². The molecule has 3 aromatic carbocycles. The van der Waals surface area contributed by atoms with Crippen LogP contribution >= 0.6 is 22.6 Å². The summed E-state index contributed by atoms with van der Waals surface area (Å²) in [4.78, 5) is 0. The number of halogens is 1. The fraction of sp³-hybridized carbons (Fsp3) is 0.231. The van der Waals surface area contributed by atoms with Gasteiger partial charge in [-0.05, 0) is 103 Å². The lowest BCUT2D eigenvalue weighted by Crippen LogP contribution is -2.17. The van der Waals surface area contributed by atoms with Gasteiger partial charge in [0.05, 0.1) is 0 Å². The van der Waals surface area contributed by atoms with Gasteiger partial charge in [0.2, 0.25) is 0 Å². The van der Waals surface area contributed by atoms with E-state index in [9.17, 15) is 0 Å². The summed E-state index contributed by atoms with van der Waals surface area (Å²) in [6.07, 6.45) is 5.87. The van der Waals surface area contributed by atoms with Crippen LogP contribution in [0.5, 0.6) is 0 Å². The Labute approximate surface area is 175 Å². The molecule has 3 aromatic rings. The molecule has 0 radical (unpaired) electrons. The van der Waals surface area contributed by atoms with Crippen molar-refractivity contribution in [3.8, 4) is 11.1 Å². The van der Waals surface area contributed by atoms with Crippen molar-refractivity contribution in [1.29, 1.82) is 0 Å². The zero-order chi connectivity index (χ0) is 18.8. The topological polar surface area (TPSA) is 0 Å². The Hall–Kier alpha value is -1.87. The van der Waals surface area contributed by atoms with Gasteiger partial charge in [0.25, 0.3) is 0 Å². The highest BCUT2D eigenvalue weighted by atomic mass is 127. The maximum absolute atomic E-state index is 2.43. The molecule has 0 amide bonds. The fourth-order valence-corrected chi connectivity index (χ4v) is 5.35. The van der Waals surface area contributed by atoms with Crippen molar-refractivity contribution in [2.75, 3.05) is 0 Å². The smallest absolute Gasteiger partial charge is 0.0155 e. The fourth-order valence-electron chi connectivity index (χ4n) is 4.84. The summed E-state index contributed by atoms with van der Waals surface area (Å²) >= 11 is 2.38.